The number of carbonyl (C=O) groups excluding carboxylic acids is 2. The fourth-order valence-electron chi connectivity index (χ4n) is 5.90. The van der Waals surface area contributed by atoms with Crippen molar-refractivity contribution < 1.29 is 14.3 Å². The van der Waals surface area contributed by atoms with Crippen molar-refractivity contribution in [1.29, 1.82) is 0 Å². The summed E-state index contributed by atoms with van der Waals surface area (Å²) in [5.41, 5.74) is 0.283. The van der Waals surface area contributed by atoms with E-state index in [4.69, 9.17) is 4.74 Å². The van der Waals surface area contributed by atoms with E-state index in [9.17, 15) is 9.59 Å². The van der Waals surface area contributed by atoms with E-state index in [-0.39, 0.29) is 36.4 Å². The van der Waals surface area contributed by atoms with Gasteiger partial charge in [-0.15, -0.1) is 11.3 Å². The molecular formula is C20H27NO3S. The molecule has 4 aliphatic carbocycles. The number of amides is 1. The van der Waals surface area contributed by atoms with Gasteiger partial charge in [0.1, 0.15) is 0 Å². The Hall–Kier alpha value is -1.36. The molecule has 1 heterocycles. The van der Waals surface area contributed by atoms with Crippen LogP contribution in [-0.2, 0) is 20.7 Å². The van der Waals surface area contributed by atoms with Crippen molar-refractivity contribution in [1.82, 2.24) is 5.32 Å². The molecule has 1 unspecified atom stereocenters. The molecule has 4 bridgehead atoms. The third-order valence-corrected chi connectivity index (χ3v) is 7.52. The van der Waals surface area contributed by atoms with Gasteiger partial charge in [0.2, 0.25) is 0 Å². The summed E-state index contributed by atoms with van der Waals surface area (Å²) in [4.78, 5) is 25.1. The second kappa shape index (κ2) is 6.75. The highest BCUT2D eigenvalue weighted by Crippen LogP contribution is 2.61. The monoisotopic (exact) mass is 361 g/mol. The smallest absolute Gasteiger partial charge is 0.311 e. The van der Waals surface area contributed by atoms with Gasteiger partial charge >= 0.3 is 5.97 Å². The van der Waals surface area contributed by atoms with Gasteiger partial charge in [0.15, 0.2) is 6.61 Å². The molecule has 1 N–H and O–H groups in total. The van der Waals surface area contributed by atoms with Crippen molar-refractivity contribution in [3.8, 4) is 0 Å². The van der Waals surface area contributed by atoms with E-state index in [1.807, 2.05) is 17.5 Å². The van der Waals surface area contributed by atoms with Gasteiger partial charge in [-0.05, 0) is 80.1 Å². The highest BCUT2D eigenvalue weighted by Gasteiger charge is 2.53. The first-order valence-electron chi connectivity index (χ1n) is 9.50. The van der Waals surface area contributed by atoms with E-state index < -0.39 is 0 Å². The Morgan fingerprint density at radius 1 is 1.24 bits per heavy atom. The second-order valence-corrected chi connectivity index (χ2v) is 9.52. The van der Waals surface area contributed by atoms with Gasteiger partial charge in [0.05, 0.1) is 6.42 Å². The van der Waals surface area contributed by atoms with E-state index in [1.54, 1.807) is 0 Å². The standard InChI is InChI=1S/C20H27NO3S/c1-13(20-9-14-5-15(10-20)7-16(6-14)11-20)21-18(22)12-24-19(23)8-17-3-2-4-25-17/h2-4,13-16H,5-12H2,1H3,(H,21,22). The van der Waals surface area contributed by atoms with Crippen LogP contribution in [0.4, 0.5) is 0 Å². The Balaban J connectivity index is 1.27. The Morgan fingerprint density at radius 3 is 2.44 bits per heavy atom. The van der Waals surface area contributed by atoms with Crippen LogP contribution in [0.2, 0.25) is 0 Å². The van der Waals surface area contributed by atoms with Gasteiger partial charge in [-0.3, -0.25) is 9.59 Å². The minimum Gasteiger partial charge on any atom is -0.455 e. The van der Waals surface area contributed by atoms with E-state index in [0.717, 1.165) is 22.6 Å². The number of rotatable bonds is 6. The van der Waals surface area contributed by atoms with Gasteiger partial charge in [-0.1, -0.05) is 6.07 Å². The Labute approximate surface area is 153 Å². The zero-order chi connectivity index (χ0) is 17.4. The van der Waals surface area contributed by atoms with Crippen LogP contribution in [0.5, 0.6) is 0 Å². The van der Waals surface area contributed by atoms with E-state index >= 15 is 0 Å². The zero-order valence-electron chi connectivity index (χ0n) is 14.8. The molecule has 5 heteroatoms. The van der Waals surface area contributed by atoms with Crippen molar-refractivity contribution in [2.75, 3.05) is 6.61 Å². The summed E-state index contributed by atoms with van der Waals surface area (Å²) < 4.78 is 5.15. The molecule has 1 atom stereocenters. The summed E-state index contributed by atoms with van der Waals surface area (Å²) >= 11 is 1.53. The van der Waals surface area contributed by atoms with Crippen LogP contribution in [0.15, 0.2) is 17.5 Å². The summed E-state index contributed by atoms with van der Waals surface area (Å²) in [5.74, 6) is 2.11. The SMILES string of the molecule is CC(NC(=O)COC(=O)Cc1cccs1)C12CC3CC(CC(C3)C1)C2. The largest absolute Gasteiger partial charge is 0.455 e. The third kappa shape index (κ3) is 3.62. The van der Waals surface area contributed by atoms with Crippen LogP contribution in [-0.4, -0.2) is 24.5 Å². The number of hydrogen-bond acceptors (Lipinski definition) is 4. The maximum atomic E-state index is 12.3. The number of ether oxygens (including phenoxy) is 1. The number of carbonyl (C=O) groups is 2. The molecule has 1 aromatic rings. The topological polar surface area (TPSA) is 55.4 Å². The van der Waals surface area contributed by atoms with Gasteiger partial charge in [0.25, 0.3) is 5.91 Å². The lowest BCUT2D eigenvalue weighted by molar-refractivity contribution is -0.148. The number of nitrogens with one attached hydrogen (secondary N) is 1. The average molecular weight is 362 g/mol. The van der Waals surface area contributed by atoms with Crippen LogP contribution < -0.4 is 5.32 Å². The summed E-state index contributed by atoms with van der Waals surface area (Å²) in [6, 6.07) is 3.98. The predicted molar refractivity (Wildman–Crippen MR) is 97.2 cm³/mol. The average Bonchev–Trinajstić information content (AvgIpc) is 3.04. The van der Waals surface area contributed by atoms with E-state index in [1.165, 1.54) is 49.9 Å². The van der Waals surface area contributed by atoms with Crippen LogP contribution in [0.3, 0.4) is 0 Å². The minimum atomic E-state index is -0.333. The molecule has 5 rings (SSSR count). The van der Waals surface area contributed by atoms with Crippen molar-refractivity contribution in [2.24, 2.45) is 23.2 Å². The van der Waals surface area contributed by atoms with Crippen molar-refractivity contribution in [3.63, 3.8) is 0 Å². The van der Waals surface area contributed by atoms with E-state index in [2.05, 4.69) is 12.2 Å². The van der Waals surface area contributed by atoms with Crippen LogP contribution in [0.1, 0.15) is 50.3 Å². The van der Waals surface area contributed by atoms with Gasteiger partial charge < -0.3 is 10.1 Å². The molecule has 1 aromatic heterocycles. The molecule has 25 heavy (non-hydrogen) atoms. The molecule has 4 aliphatic rings. The summed E-state index contributed by atoms with van der Waals surface area (Å²) in [7, 11) is 0. The lowest BCUT2D eigenvalue weighted by atomic mass is 9.48. The fraction of sp³-hybridized carbons (Fsp3) is 0.700. The number of hydrogen-bond donors (Lipinski definition) is 1. The minimum absolute atomic E-state index is 0.164. The van der Waals surface area contributed by atoms with Crippen molar-refractivity contribution >= 4 is 23.2 Å². The van der Waals surface area contributed by atoms with Gasteiger partial charge in [-0.2, -0.15) is 0 Å². The molecule has 0 aliphatic heterocycles. The summed E-state index contributed by atoms with van der Waals surface area (Å²) in [5, 5.41) is 5.07. The molecule has 4 nitrogen and oxygen atoms in total. The third-order valence-electron chi connectivity index (χ3n) is 6.64. The molecule has 0 spiro atoms. The highest BCUT2D eigenvalue weighted by molar-refractivity contribution is 7.10. The normalized spacial score (nSPS) is 33.9. The number of esters is 1. The molecule has 0 saturated heterocycles. The molecule has 1 amide bonds. The summed E-state index contributed by atoms with van der Waals surface area (Å²) in [6.07, 6.45) is 8.24. The van der Waals surface area contributed by atoms with Gasteiger partial charge in [0, 0.05) is 10.9 Å². The maximum absolute atomic E-state index is 12.3. The van der Waals surface area contributed by atoms with Crippen LogP contribution in [0, 0.1) is 23.2 Å². The molecule has 4 saturated carbocycles. The number of thiophene rings is 1. The molecule has 136 valence electrons. The molecule has 4 fully saturated rings. The lowest BCUT2D eigenvalue weighted by Crippen LogP contribution is -2.56. The Bertz CT molecular complexity index is 604. The second-order valence-electron chi connectivity index (χ2n) is 8.49. The van der Waals surface area contributed by atoms with E-state index in [0.29, 0.717) is 0 Å². The Morgan fingerprint density at radius 2 is 1.88 bits per heavy atom. The van der Waals surface area contributed by atoms with Crippen molar-refractivity contribution in [2.45, 2.75) is 57.9 Å². The Kier molecular flexibility index (Phi) is 4.61. The fourth-order valence-corrected chi connectivity index (χ4v) is 6.59. The zero-order valence-corrected chi connectivity index (χ0v) is 15.6. The lowest BCUT2D eigenvalue weighted by Gasteiger charge is -2.59. The molecule has 0 radical (unpaired) electrons. The van der Waals surface area contributed by atoms with Crippen LogP contribution >= 0.6 is 11.3 Å². The maximum Gasteiger partial charge on any atom is 0.311 e. The quantitative estimate of drug-likeness (QED) is 0.788. The summed E-state index contributed by atoms with van der Waals surface area (Å²) in [6.45, 7) is 1.99. The van der Waals surface area contributed by atoms with Crippen LogP contribution in [0.25, 0.3) is 0 Å². The first kappa shape index (κ1) is 17.1. The first-order valence-corrected chi connectivity index (χ1v) is 10.4. The van der Waals surface area contributed by atoms with Crippen molar-refractivity contribution in [3.05, 3.63) is 22.4 Å². The predicted octanol–water partition coefficient (Wildman–Crippen LogP) is 3.55. The first-order chi connectivity index (χ1) is 12.0. The highest BCUT2D eigenvalue weighted by atomic mass is 32.1. The molecule has 0 aromatic carbocycles. The molecular weight excluding hydrogens is 334 g/mol. The van der Waals surface area contributed by atoms with Gasteiger partial charge in [-0.25, -0.2) is 0 Å².